The molecule has 1 heterocycles. The van der Waals surface area contributed by atoms with Gasteiger partial charge in [0.25, 0.3) is 0 Å². The van der Waals surface area contributed by atoms with Crippen LogP contribution in [0.5, 0.6) is 11.5 Å². The van der Waals surface area contributed by atoms with Crippen LogP contribution in [0.15, 0.2) is 22.7 Å². The Morgan fingerprint density at radius 2 is 1.74 bits per heavy atom. The number of aromatic nitrogens is 1. The molecule has 1 N–H and O–H groups in total. The number of nitrogens with one attached hydrogen (secondary N) is 1. The molecule has 0 atom stereocenters. The molecule has 2 aromatic rings. The van der Waals surface area contributed by atoms with Gasteiger partial charge in [0.1, 0.15) is 17.3 Å². The van der Waals surface area contributed by atoms with Gasteiger partial charge in [-0.15, -0.1) is 0 Å². The Morgan fingerprint density at radius 3 is 2.21 bits per heavy atom. The molecule has 0 spiro atoms. The minimum Gasteiger partial charge on any atom is -0.497 e. The van der Waals surface area contributed by atoms with E-state index in [-0.39, 0.29) is 0 Å². The summed E-state index contributed by atoms with van der Waals surface area (Å²) in [5, 5.41) is 7.25. The van der Waals surface area contributed by atoms with E-state index < -0.39 is 0 Å². The zero-order valence-electron chi connectivity index (χ0n) is 11.6. The summed E-state index contributed by atoms with van der Waals surface area (Å²) in [6.07, 6.45) is 0. The predicted molar refractivity (Wildman–Crippen MR) is 72.8 cm³/mol. The topological polar surface area (TPSA) is 56.5 Å². The lowest BCUT2D eigenvalue weighted by molar-refractivity contribution is 0.392. The molecule has 0 bridgehead atoms. The van der Waals surface area contributed by atoms with Gasteiger partial charge in [0, 0.05) is 36.0 Å². The maximum atomic E-state index is 5.23. The van der Waals surface area contributed by atoms with Crippen molar-refractivity contribution in [1.82, 2.24) is 5.16 Å². The minimum atomic E-state index is 0.650. The van der Waals surface area contributed by atoms with E-state index in [2.05, 4.69) is 10.5 Å². The Kier molecular flexibility index (Phi) is 3.94. The largest absolute Gasteiger partial charge is 0.497 e. The lowest BCUT2D eigenvalue weighted by Crippen LogP contribution is -2.02. The van der Waals surface area contributed by atoms with E-state index in [9.17, 15) is 0 Å². The van der Waals surface area contributed by atoms with Gasteiger partial charge < -0.3 is 19.3 Å². The summed E-state index contributed by atoms with van der Waals surface area (Å²) in [5.74, 6) is 2.33. The van der Waals surface area contributed by atoms with Crippen LogP contribution in [0.2, 0.25) is 0 Å². The molecule has 1 aromatic heterocycles. The van der Waals surface area contributed by atoms with E-state index in [0.29, 0.717) is 6.54 Å². The van der Waals surface area contributed by atoms with Crippen molar-refractivity contribution < 1.29 is 14.0 Å². The second kappa shape index (κ2) is 5.65. The van der Waals surface area contributed by atoms with Gasteiger partial charge in [-0.1, -0.05) is 5.16 Å². The first-order chi connectivity index (χ1) is 9.13. The first kappa shape index (κ1) is 13.3. The number of hydrogen-bond donors (Lipinski definition) is 1. The highest BCUT2D eigenvalue weighted by molar-refractivity contribution is 5.54. The van der Waals surface area contributed by atoms with E-state index in [4.69, 9.17) is 14.0 Å². The summed E-state index contributed by atoms with van der Waals surface area (Å²) in [7, 11) is 3.26. The minimum absolute atomic E-state index is 0.650. The van der Waals surface area contributed by atoms with Gasteiger partial charge in [-0.3, -0.25) is 0 Å². The molecule has 0 amide bonds. The molecule has 5 nitrogen and oxygen atoms in total. The third kappa shape index (κ3) is 2.99. The van der Waals surface area contributed by atoms with Gasteiger partial charge in [-0.25, -0.2) is 0 Å². The highest BCUT2D eigenvalue weighted by Crippen LogP contribution is 2.26. The molecule has 0 radical (unpaired) electrons. The number of ether oxygens (including phenoxy) is 2. The molecule has 0 aliphatic carbocycles. The predicted octanol–water partition coefficient (Wildman–Crippen LogP) is 2.92. The van der Waals surface area contributed by atoms with Gasteiger partial charge in [-0.05, 0) is 13.8 Å². The summed E-state index contributed by atoms with van der Waals surface area (Å²) in [6, 6.07) is 5.67. The Morgan fingerprint density at radius 1 is 1.11 bits per heavy atom. The van der Waals surface area contributed by atoms with Crippen LogP contribution in [0.25, 0.3) is 0 Å². The van der Waals surface area contributed by atoms with E-state index in [1.807, 2.05) is 32.0 Å². The molecule has 0 aliphatic heterocycles. The molecule has 0 saturated heterocycles. The fourth-order valence-corrected chi connectivity index (χ4v) is 1.85. The quantitative estimate of drug-likeness (QED) is 0.897. The molecule has 1 aromatic carbocycles. The SMILES string of the molecule is COc1cc(NCc2c(C)noc2C)cc(OC)c1. The van der Waals surface area contributed by atoms with Gasteiger partial charge in [-0.2, -0.15) is 0 Å². The third-order valence-corrected chi connectivity index (χ3v) is 3.00. The molecular formula is C14H18N2O3. The standard InChI is InChI=1S/C14H18N2O3/c1-9-14(10(2)19-16-9)8-15-11-5-12(17-3)7-13(6-11)18-4/h5-7,15H,8H2,1-4H3. The summed E-state index contributed by atoms with van der Waals surface area (Å²) >= 11 is 0. The molecular weight excluding hydrogens is 244 g/mol. The Labute approximate surface area is 112 Å². The number of rotatable bonds is 5. The zero-order chi connectivity index (χ0) is 13.8. The summed E-state index contributed by atoms with van der Waals surface area (Å²) in [5.41, 5.74) is 2.90. The molecule has 19 heavy (non-hydrogen) atoms. The smallest absolute Gasteiger partial charge is 0.138 e. The van der Waals surface area contributed by atoms with Gasteiger partial charge in [0.15, 0.2) is 0 Å². The number of hydrogen-bond acceptors (Lipinski definition) is 5. The zero-order valence-corrected chi connectivity index (χ0v) is 11.6. The Hall–Kier alpha value is -2.17. The lowest BCUT2D eigenvalue weighted by atomic mass is 10.2. The molecule has 5 heteroatoms. The van der Waals surface area contributed by atoms with E-state index in [1.54, 1.807) is 14.2 Å². The Bertz CT molecular complexity index is 522. The maximum Gasteiger partial charge on any atom is 0.138 e. The van der Waals surface area contributed by atoms with E-state index >= 15 is 0 Å². The lowest BCUT2D eigenvalue weighted by Gasteiger charge is -2.10. The van der Waals surface area contributed by atoms with Crippen molar-refractivity contribution in [1.29, 1.82) is 0 Å². The second-order valence-corrected chi connectivity index (χ2v) is 4.26. The van der Waals surface area contributed by atoms with Crippen molar-refractivity contribution in [2.75, 3.05) is 19.5 Å². The number of nitrogens with zero attached hydrogens (tertiary/aromatic N) is 1. The van der Waals surface area contributed by atoms with E-state index in [1.165, 1.54) is 0 Å². The fraction of sp³-hybridized carbons (Fsp3) is 0.357. The molecule has 0 saturated carbocycles. The van der Waals surface area contributed by atoms with Gasteiger partial charge in [0.2, 0.25) is 0 Å². The monoisotopic (exact) mass is 262 g/mol. The summed E-state index contributed by atoms with van der Waals surface area (Å²) < 4.78 is 15.6. The molecule has 0 fully saturated rings. The van der Waals surface area contributed by atoms with Gasteiger partial charge >= 0.3 is 0 Å². The van der Waals surface area contributed by atoms with Crippen molar-refractivity contribution in [2.24, 2.45) is 0 Å². The van der Waals surface area contributed by atoms with Crippen molar-refractivity contribution >= 4 is 5.69 Å². The van der Waals surface area contributed by atoms with Crippen LogP contribution < -0.4 is 14.8 Å². The first-order valence-electron chi connectivity index (χ1n) is 6.02. The van der Waals surface area contributed by atoms with Crippen molar-refractivity contribution in [3.8, 4) is 11.5 Å². The molecule has 102 valence electrons. The third-order valence-electron chi connectivity index (χ3n) is 3.00. The summed E-state index contributed by atoms with van der Waals surface area (Å²) in [4.78, 5) is 0. The van der Waals surface area contributed by atoms with Crippen LogP contribution in [0.1, 0.15) is 17.0 Å². The fourth-order valence-electron chi connectivity index (χ4n) is 1.85. The average Bonchev–Trinajstić information content (AvgIpc) is 2.75. The van der Waals surface area contributed by atoms with Crippen LogP contribution in [-0.4, -0.2) is 19.4 Å². The highest BCUT2D eigenvalue weighted by atomic mass is 16.5. The summed E-state index contributed by atoms with van der Waals surface area (Å²) in [6.45, 7) is 4.49. The molecule has 0 aliphatic rings. The normalized spacial score (nSPS) is 10.3. The van der Waals surface area contributed by atoms with Crippen LogP contribution >= 0.6 is 0 Å². The molecule has 2 rings (SSSR count). The van der Waals surface area contributed by atoms with Crippen molar-refractivity contribution in [2.45, 2.75) is 20.4 Å². The van der Waals surface area contributed by atoms with Crippen LogP contribution in [0.3, 0.4) is 0 Å². The van der Waals surface area contributed by atoms with Crippen LogP contribution in [-0.2, 0) is 6.54 Å². The average molecular weight is 262 g/mol. The Balaban J connectivity index is 2.15. The van der Waals surface area contributed by atoms with Crippen molar-refractivity contribution in [3.63, 3.8) is 0 Å². The van der Waals surface area contributed by atoms with Crippen LogP contribution in [0, 0.1) is 13.8 Å². The first-order valence-corrected chi connectivity index (χ1v) is 6.02. The number of methoxy groups -OCH3 is 2. The number of benzene rings is 1. The highest BCUT2D eigenvalue weighted by Gasteiger charge is 2.09. The number of anilines is 1. The van der Waals surface area contributed by atoms with Crippen LogP contribution in [0.4, 0.5) is 5.69 Å². The maximum absolute atomic E-state index is 5.23. The van der Waals surface area contributed by atoms with E-state index in [0.717, 1.165) is 34.2 Å². The van der Waals surface area contributed by atoms with Gasteiger partial charge in [0.05, 0.1) is 19.9 Å². The number of aryl methyl sites for hydroxylation is 2. The second-order valence-electron chi connectivity index (χ2n) is 4.26. The molecule has 0 unspecified atom stereocenters. The van der Waals surface area contributed by atoms with Crippen molar-refractivity contribution in [3.05, 3.63) is 35.2 Å².